The van der Waals surface area contributed by atoms with Crippen LogP contribution in [0.2, 0.25) is 5.02 Å². The number of nitrogens with zero attached hydrogens (tertiary/aromatic N) is 2. The minimum absolute atomic E-state index is 0.00416. The Morgan fingerprint density at radius 1 is 1.02 bits per heavy atom. The van der Waals surface area contributed by atoms with Crippen LogP contribution in [0.4, 0.5) is 10.1 Å². The molecule has 1 aliphatic rings. The predicted molar refractivity (Wildman–Crippen MR) is 160 cm³/mol. The predicted octanol–water partition coefficient (Wildman–Crippen LogP) is 5.55. The quantitative estimate of drug-likeness (QED) is 0.305. The van der Waals surface area contributed by atoms with E-state index < -0.39 is 34.3 Å². The summed E-state index contributed by atoms with van der Waals surface area (Å²) in [4.78, 5) is 28.6. The van der Waals surface area contributed by atoms with Crippen LogP contribution in [0, 0.1) is 5.82 Å². The van der Waals surface area contributed by atoms with Crippen molar-refractivity contribution in [2.45, 2.75) is 62.6 Å². The van der Waals surface area contributed by atoms with E-state index in [4.69, 9.17) is 16.3 Å². The number of hydrogen-bond acceptors (Lipinski definition) is 5. The molecule has 11 heteroatoms. The molecule has 3 aromatic rings. The number of ether oxygens (including phenoxy) is 1. The first-order chi connectivity index (χ1) is 20.1. The maximum Gasteiger partial charge on any atom is 0.264 e. The zero-order valence-electron chi connectivity index (χ0n) is 23.6. The molecule has 1 atom stereocenters. The van der Waals surface area contributed by atoms with Crippen LogP contribution >= 0.6 is 11.6 Å². The summed E-state index contributed by atoms with van der Waals surface area (Å²) >= 11 is 6.34. The molecule has 224 valence electrons. The Morgan fingerprint density at radius 2 is 1.69 bits per heavy atom. The second kappa shape index (κ2) is 14.0. The number of methoxy groups -OCH3 is 1. The van der Waals surface area contributed by atoms with Gasteiger partial charge in [0.25, 0.3) is 10.0 Å². The van der Waals surface area contributed by atoms with Crippen molar-refractivity contribution < 1.29 is 27.1 Å². The molecule has 1 fully saturated rings. The van der Waals surface area contributed by atoms with Crippen LogP contribution in [-0.4, -0.2) is 50.9 Å². The molecule has 42 heavy (non-hydrogen) atoms. The summed E-state index contributed by atoms with van der Waals surface area (Å²) in [5.41, 5.74) is 0.330. The molecule has 0 radical (unpaired) electrons. The lowest BCUT2D eigenvalue weighted by molar-refractivity contribution is -0.139. The molecular formula is C31H35ClFN3O5S. The summed E-state index contributed by atoms with van der Waals surface area (Å²) in [6, 6.07) is 17.1. The van der Waals surface area contributed by atoms with Crippen molar-refractivity contribution >= 4 is 39.1 Å². The van der Waals surface area contributed by atoms with E-state index in [1.165, 1.54) is 60.5 Å². The van der Waals surface area contributed by atoms with Gasteiger partial charge in [-0.3, -0.25) is 13.9 Å². The van der Waals surface area contributed by atoms with Gasteiger partial charge in [0.1, 0.15) is 24.2 Å². The summed E-state index contributed by atoms with van der Waals surface area (Å²) in [5, 5.41) is 3.18. The van der Waals surface area contributed by atoms with Crippen LogP contribution in [-0.2, 0) is 26.2 Å². The molecule has 0 spiro atoms. The molecule has 8 nitrogen and oxygen atoms in total. The van der Waals surface area contributed by atoms with E-state index >= 15 is 0 Å². The summed E-state index contributed by atoms with van der Waals surface area (Å²) in [7, 11) is -2.82. The van der Waals surface area contributed by atoms with Crippen LogP contribution < -0.4 is 14.4 Å². The fourth-order valence-corrected chi connectivity index (χ4v) is 6.70. The molecule has 4 rings (SSSR count). The SMILES string of the molecule is COc1ccc(N(CC(=O)N(Cc2ccccc2F)C(C)C(=O)NC2CCCCC2)S(=O)(=O)c2ccccc2)cc1Cl. The van der Waals surface area contributed by atoms with Crippen LogP contribution in [0.3, 0.4) is 0 Å². The number of benzene rings is 3. The van der Waals surface area contributed by atoms with E-state index in [2.05, 4.69) is 5.32 Å². The van der Waals surface area contributed by atoms with Gasteiger partial charge < -0.3 is 15.0 Å². The van der Waals surface area contributed by atoms with E-state index in [1.807, 2.05) is 0 Å². The van der Waals surface area contributed by atoms with Gasteiger partial charge >= 0.3 is 0 Å². The van der Waals surface area contributed by atoms with Gasteiger partial charge in [-0.2, -0.15) is 0 Å². The van der Waals surface area contributed by atoms with E-state index in [0.717, 1.165) is 36.4 Å². The monoisotopic (exact) mass is 615 g/mol. The third-order valence-electron chi connectivity index (χ3n) is 7.45. The standard InChI is InChI=1S/C31H35ClFN3O5S/c1-22(31(38)34-24-12-5-3-6-13-24)35(20-23-11-9-10-16-28(23)33)30(37)21-36(25-17-18-29(41-2)27(32)19-25)42(39,40)26-14-7-4-8-15-26/h4,7-11,14-19,22,24H,3,5-6,12-13,20-21H2,1-2H3,(H,34,38). The number of sulfonamides is 1. The largest absolute Gasteiger partial charge is 0.495 e. The van der Waals surface area contributed by atoms with Crippen LogP contribution in [0.15, 0.2) is 77.7 Å². The van der Waals surface area contributed by atoms with Gasteiger partial charge in [0.15, 0.2) is 0 Å². The Morgan fingerprint density at radius 3 is 2.33 bits per heavy atom. The molecular weight excluding hydrogens is 581 g/mol. The number of carbonyl (C=O) groups is 2. The lowest BCUT2D eigenvalue weighted by Crippen LogP contribution is -2.53. The molecule has 3 aromatic carbocycles. The van der Waals surface area contributed by atoms with Gasteiger partial charge in [0.05, 0.1) is 22.7 Å². The number of carbonyl (C=O) groups excluding carboxylic acids is 2. The highest BCUT2D eigenvalue weighted by atomic mass is 35.5. The highest BCUT2D eigenvalue weighted by Crippen LogP contribution is 2.32. The molecule has 1 unspecified atom stereocenters. The number of amides is 2. The van der Waals surface area contributed by atoms with Crippen LogP contribution in [0.25, 0.3) is 0 Å². The third kappa shape index (κ3) is 7.41. The summed E-state index contributed by atoms with van der Waals surface area (Å²) < 4.78 is 48.6. The molecule has 0 heterocycles. The minimum Gasteiger partial charge on any atom is -0.495 e. The molecule has 1 N–H and O–H groups in total. The van der Waals surface area contributed by atoms with Crippen molar-refractivity contribution in [3.8, 4) is 5.75 Å². The van der Waals surface area contributed by atoms with E-state index in [-0.39, 0.29) is 39.7 Å². The minimum atomic E-state index is -4.26. The second-order valence-corrected chi connectivity index (χ2v) is 12.5. The molecule has 0 aromatic heterocycles. The average Bonchev–Trinajstić information content (AvgIpc) is 2.99. The van der Waals surface area contributed by atoms with Crippen molar-refractivity contribution in [1.29, 1.82) is 0 Å². The summed E-state index contributed by atoms with van der Waals surface area (Å²) in [6.07, 6.45) is 4.82. The van der Waals surface area contributed by atoms with Crippen LogP contribution in [0.1, 0.15) is 44.6 Å². The van der Waals surface area contributed by atoms with E-state index in [1.54, 1.807) is 31.2 Å². The van der Waals surface area contributed by atoms with Gasteiger partial charge in [-0.05, 0) is 56.2 Å². The van der Waals surface area contributed by atoms with Gasteiger partial charge in [-0.25, -0.2) is 12.8 Å². The fourth-order valence-electron chi connectivity index (χ4n) is 5.02. The Hall–Kier alpha value is -3.63. The summed E-state index contributed by atoms with van der Waals surface area (Å²) in [5.74, 6) is -1.27. The second-order valence-electron chi connectivity index (χ2n) is 10.3. The van der Waals surface area contributed by atoms with Crippen molar-refractivity contribution in [2.24, 2.45) is 0 Å². The molecule has 1 aliphatic carbocycles. The Bertz CT molecular complexity index is 1500. The maximum atomic E-state index is 14.7. The Labute approximate surface area is 251 Å². The average molecular weight is 616 g/mol. The van der Waals surface area contributed by atoms with Gasteiger partial charge in [-0.15, -0.1) is 0 Å². The van der Waals surface area contributed by atoms with E-state index in [0.29, 0.717) is 5.75 Å². The zero-order chi connectivity index (χ0) is 30.3. The maximum absolute atomic E-state index is 14.7. The van der Waals surface area contributed by atoms with Gasteiger partial charge in [0, 0.05) is 18.2 Å². The van der Waals surface area contributed by atoms with Crippen molar-refractivity contribution in [2.75, 3.05) is 18.0 Å². The molecule has 2 amide bonds. The highest BCUT2D eigenvalue weighted by molar-refractivity contribution is 7.92. The lowest BCUT2D eigenvalue weighted by atomic mass is 9.95. The van der Waals surface area contributed by atoms with Crippen LogP contribution in [0.5, 0.6) is 5.75 Å². The van der Waals surface area contributed by atoms with E-state index in [9.17, 15) is 22.4 Å². The number of anilines is 1. The smallest absolute Gasteiger partial charge is 0.264 e. The lowest BCUT2D eigenvalue weighted by Gasteiger charge is -2.33. The number of halogens is 2. The first kappa shape index (κ1) is 31.3. The van der Waals surface area contributed by atoms with Crippen molar-refractivity contribution in [1.82, 2.24) is 10.2 Å². The normalized spacial score (nSPS) is 14.6. The fraction of sp³-hybridized carbons (Fsp3) is 0.355. The molecule has 0 aliphatic heterocycles. The molecule has 0 bridgehead atoms. The number of rotatable bonds is 11. The zero-order valence-corrected chi connectivity index (χ0v) is 25.2. The summed E-state index contributed by atoms with van der Waals surface area (Å²) in [6.45, 7) is 0.680. The number of hydrogen-bond donors (Lipinski definition) is 1. The van der Waals surface area contributed by atoms with Crippen molar-refractivity contribution in [3.05, 3.63) is 89.2 Å². The first-order valence-electron chi connectivity index (χ1n) is 13.9. The molecule has 1 saturated carbocycles. The first-order valence-corrected chi connectivity index (χ1v) is 15.7. The van der Waals surface area contributed by atoms with Gasteiger partial charge in [-0.1, -0.05) is 67.3 Å². The van der Waals surface area contributed by atoms with Crippen molar-refractivity contribution in [3.63, 3.8) is 0 Å². The Kier molecular flexibility index (Phi) is 10.5. The highest BCUT2D eigenvalue weighted by Gasteiger charge is 2.33. The molecule has 0 saturated heterocycles. The third-order valence-corrected chi connectivity index (χ3v) is 9.53. The number of nitrogens with one attached hydrogen (secondary N) is 1. The topological polar surface area (TPSA) is 96.0 Å². The van der Waals surface area contributed by atoms with Gasteiger partial charge in [0.2, 0.25) is 11.8 Å². The Balaban J connectivity index is 1.70.